The van der Waals surface area contributed by atoms with Crippen molar-refractivity contribution >= 4 is 36.9 Å². The highest BCUT2D eigenvalue weighted by molar-refractivity contribution is 6.74. The Morgan fingerprint density at radius 3 is 1.54 bits per heavy atom. The number of carbonyl (C=O) groups excluding carboxylic acids is 2. The van der Waals surface area contributed by atoms with Gasteiger partial charge in [0.15, 0.2) is 43.5 Å². The van der Waals surface area contributed by atoms with Crippen molar-refractivity contribution in [3.63, 3.8) is 0 Å². The summed E-state index contributed by atoms with van der Waals surface area (Å²) >= 11 is 0. The highest BCUT2D eigenvalue weighted by atomic mass is 28.4. The molecule has 0 bridgehead atoms. The van der Waals surface area contributed by atoms with Gasteiger partial charge in [-0.05, 0) is 85.6 Å². The third-order valence-electron chi connectivity index (χ3n) is 12.3. The van der Waals surface area contributed by atoms with Gasteiger partial charge in [-0.25, -0.2) is 4.79 Å². The first-order chi connectivity index (χ1) is 26.8. The molecule has 320 valence electrons. The van der Waals surface area contributed by atoms with E-state index in [1.807, 2.05) is 6.92 Å². The zero-order valence-corrected chi connectivity index (χ0v) is 39.3. The van der Waals surface area contributed by atoms with Gasteiger partial charge in [0, 0.05) is 6.92 Å². The van der Waals surface area contributed by atoms with Crippen LogP contribution in [0.1, 0.15) is 86.5 Å². The van der Waals surface area contributed by atoms with Crippen LogP contribution >= 0.6 is 0 Å². The minimum atomic E-state index is -2.36. The van der Waals surface area contributed by atoms with E-state index in [2.05, 4.69) is 62.3 Å². The summed E-state index contributed by atoms with van der Waals surface area (Å²) in [6.45, 7) is 23.0. The molecule has 2 aliphatic rings. The predicted molar refractivity (Wildman–Crippen MR) is 224 cm³/mol. The van der Waals surface area contributed by atoms with E-state index >= 15 is 0 Å². The van der Waals surface area contributed by atoms with Crippen molar-refractivity contribution < 1.29 is 56.0 Å². The van der Waals surface area contributed by atoms with E-state index in [0.717, 1.165) is 54.4 Å². The smallest absolute Gasteiger partial charge is 0.338 e. The topological polar surface area (TPSA) is 126 Å². The molecule has 0 aliphatic carbocycles. The maximum Gasteiger partial charge on any atom is 0.338 e. The molecule has 0 N–H and O–H groups in total. The molecule has 0 saturated carbocycles. The van der Waals surface area contributed by atoms with Crippen LogP contribution < -0.4 is 4.74 Å². The fraction of sp³-hybridized carbons (Fsp3) is 0.756. The second-order valence-electron chi connectivity index (χ2n) is 14.9. The summed E-state index contributed by atoms with van der Waals surface area (Å²) in [5.74, 6) is -0.477. The maximum absolute atomic E-state index is 14.2. The number of ether oxygens (including phenoxy) is 7. The van der Waals surface area contributed by atoms with Crippen molar-refractivity contribution in [2.75, 3.05) is 20.3 Å². The van der Waals surface area contributed by atoms with Crippen molar-refractivity contribution in [3.8, 4) is 5.75 Å². The van der Waals surface area contributed by atoms with Gasteiger partial charge in [0.05, 0.1) is 44.4 Å². The minimum Gasteiger partial charge on any atom is -0.497 e. The third-order valence-corrected chi connectivity index (χ3v) is 26.2. The van der Waals surface area contributed by atoms with Crippen LogP contribution in [0, 0.1) is 0 Å². The van der Waals surface area contributed by atoms with Crippen molar-refractivity contribution in [1.82, 2.24) is 0 Å². The Hall–Kier alpha value is -2.09. The van der Waals surface area contributed by atoms with Gasteiger partial charge in [0.25, 0.3) is 0 Å². The molecule has 1 aromatic carbocycles. The average molecular weight is 841 g/mol. The first-order valence-corrected chi connectivity index (χ1v) is 28.6. The van der Waals surface area contributed by atoms with E-state index in [1.165, 1.54) is 13.2 Å². The second kappa shape index (κ2) is 22.9. The van der Waals surface area contributed by atoms with Crippen LogP contribution in [0.2, 0.25) is 54.4 Å². The van der Waals surface area contributed by atoms with Crippen LogP contribution in [0.4, 0.5) is 0 Å². The molecule has 2 saturated heterocycles. The number of hydrogen-bond donors (Lipinski definition) is 0. The second-order valence-corrected chi connectivity index (χ2v) is 29.1. The van der Waals surface area contributed by atoms with Gasteiger partial charge < -0.3 is 46.4 Å². The van der Waals surface area contributed by atoms with Crippen LogP contribution in [0.15, 0.2) is 36.6 Å². The van der Waals surface area contributed by atoms with E-state index in [-0.39, 0.29) is 13.2 Å². The molecule has 8 atom stereocenters. The number of carbonyl (C=O) groups is 2. The Morgan fingerprint density at radius 1 is 0.643 bits per heavy atom. The fourth-order valence-corrected chi connectivity index (χ4v) is 16.4. The summed E-state index contributed by atoms with van der Waals surface area (Å²) in [4.78, 5) is 26.9. The monoisotopic (exact) mass is 840 g/mol. The van der Waals surface area contributed by atoms with E-state index in [9.17, 15) is 9.59 Å². The molecule has 0 radical (unpaired) electrons. The van der Waals surface area contributed by atoms with Gasteiger partial charge in [0.1, 0.15) is 18.0 Å². The Balaban J connectivity index is 2.24. The van der Waals surface area contributed by atoms with E-state index in [4.69, 9.17) is 46.4 Å². The standard InChI is InChI=1S/C41H72O12Si3/c1-13-27-45-40-37(48-30(11)42)35(33(28-46-40)51-54(14-2,15-3)16-4)50-41-38(49-39(43)31-23-25-32(44-12)26-24-31)36(53-56(20-8,21-9)22-10)34(29-47-41)52-55(17-5,18-6)19-7/h13,23-27,33-38,40-41H,14-22,28-29H2,1-12H3/b27-13+/t33-,34+,35-,36-,37+,38+,40-,41-/m0/s1. The molecule has 2 heterocycles. The van der Waals surface area contributed by atoms with Crippen molar-refractivity contribution in [3.05, 3.63) is 42.2 Å². The lowest BCUT2D eigenvalue weighted by Crippen LogP contribution is -2.65. The van der Waals surface area contributed by atoms with Gasteiger partial charge in [0.2, 0.25) is 6.29 Å². The van der Waals surface area contributed by atoms with E-state index in [1.54, 1.807) is 37.5 Å². The van der Waals surface area contributed by atoms with Crippen LogP contribution in [0.3, 0.4) is 0 Å². The van der Waals surface area contributed by atoms with Crippen LogP contribution in [0.25, 0.3) is 0 Å². The molecule has 3 rings (SSSR count). The lowest BCUT2D eigenvalue weighted by molar-refractivity contribution is -0.326. The zero-order chi connectivity index (χ0) is 41.5. The summed E-state index contributed by atoms with van der Waals surface area (Å²) in [5, 5.41) is 0. The highest BCUT2D eigenvalue weighted by Gasteiger charge is 2.55. The van der Waals surface area contributed by atoms with Gasteiger partial charge in [-0.15, -0.1) is 0 Å². The summed E-state index contributed by atoms with van der Waals surface area (Å²) in [5.41, 5.74) is 0.338. The fourth-order valence-electron chi connectivity index (χ4n) is 7.83. The maximum atomic E-state index is 14.2. The Kier molecular flexibility index (Phi) is 19.7. The van der Waals surface area contributed by atoms with Gasteiger partial charge in [-0.2, -0.15) is 0 Å². The summed E-state index contributed by atoms with van der Waals surface area (Å²) in [6, 6.07) is 14.8. The molecule has 0 amide bonds. The Labute approximate surface area is 339 Å². The number of rotatable bonds is 23. The molecule has 1 aromatic rings. The molecule has 15 heteroatoms. The SMILES string of the molecule is C/C=C/O[C@H]1OC[C@H](O[Si](CC)(CC)CC)[C@H](O[C@@H]2OC[C@@H](O[Si](CC)(CC)CC)[C@H](O[Si](CC)(CC)CC)[C@H]2OC(=O)c2ccc(OC)cc2)[C@H]1OC(C)=O. The summed E-state index contributed by atoms with van der Waals surface area (Å²) in [7, 11) is -5.26. The van der Waals surface area contributed by atoms with E-state index in [0.29, 0.717) is 11.3 Å². The molecule has 0 unspecified atom stereocenters. The van der Waals surface area contributed by atoms with E-state index < -0.39 is 86.1 Å². The largest absolute Gasteiger partial charge is 0.497 e. The zero-order valence-electron chi connectivity index (χ0n) is 36.3. The van der Waals surface area contributed by atoms with Crippen molar-refractivity contribution in [2.24, 2.45) is 0 Å². The molecule has 0 aromatic heterocycles. The number of hydrogen-bond acceptors (Lipinski definition) is 12. The van der Waals surface area contributed by atoms with Crippen LogP contribution in [-0.4, -0.2) is 106 Å². The molecule has 12 nitrogen and oxygen atoms in total. The van der Waals surface area contributed by atoms with Gasteiger partial charge in [-0.3, -0.25) is 4.79 Å². The first-order valence-electron chi connectivity index (χ1n) is 21.1. The number of benzene rings is 1. The van der Waals surface area contributed by atoms with Gasteiger partial charge in [-0.1, -0.05) is 68.4 Å². The number of methoxy groups -OCH3 is 1. The highest BCUT2D eigenvalue weighted by Crippen LogP contribution is 2.38. The van der Waals surface area contributed by atoms with Crippen LogP contribution in [-0.2, 0) is 46.5 Å². The predicted octanol–water partition coefficient (Wildman–Crippen LogP) is 8.97. The average Bonchev–Trinajstić information content (AvgIpc) is 3.23. The molecular weight excluding hydrogens is 769 g/mol. The Bertz CT molecular complexity index is 1330. The van der Waals surface area contributed by atoms with Gasteiger partial charge >= 0.3 is 11.9 Å². The third kappa shape index (κ3) is 12.0. The normalized spacial score (nSPS) is 26.2. The lowest BCUT2D eigenvalue weighted by Gasteiger charge is -2.50. The van der Waals surface area contributed by atoms with Crippen LogP contribution in [0.5, 0.6) is 5.75 Å². The summed E-state index contributed by atoms with van der Waals surface area (Å²) in [6.07, 6.45) is -3.75. The Morgan fingerprint density at radius 2 is 1.09 bits per heavy atom. The minimum absolute atomic E-state index is 0.128. The molecular formula is C41H72O12Si3. The van der Waals surface area contributed by atoms with Crippen molar-refractivity contribution in [1.29, 1.82) is 0 Å². The number of esters is 2. The molecule has 56 heavy (non-hydrogen) atoms. The molecule has 2 fully saturated rings. The quantitative estimate of drug-likeness (QED) is 0.0593. The molecule has 0 spiro atoms. The first kappa shape index (κ1) is 48.3. The summed E-state index contributed by atoms with van der Waals surface area (Å²) < 4.78 is 65.3. The molecule has 2 aliphatic heterocycles. The lowest BCUT2D eigenvalue weighted by atomic mass is 10.0. The number of allylic oxidation sites excluding steroid dienone is 1. The van der Waals surface area contributed by atoms with Crippen molar-refractivity contribution in [2.45, 2.75) is 180 Å².